The molecule has 3 nitrogen and oxygen atoms in total. The first-order chi connectivity index (χ1) is 9.70. The summed E-state index contributed by atoms with van der Waals surface area (Å²) in [4.78, 5) is 4.45. The molecule has 20 heavy (non-hydrogen) atoms. The molecule has 108 valence electrons. The van der Waals surface area contributed by atoms with Gasteiger partial charge in [-0.3, -0.25) is 0 Å². The molecule has 1 aromatic carbocycles. The maximum Gasteiger partial charge on any atom is 0.201 e. The quantitative estimate of drug-likeness (QED) is 0.882. The van der Waals surface area contributed by atoms with E-state index in [1.165, 1.54) is 38.5 Å². The molecule has 0 spiro atoms. The third kappa shape index (κ3) is 2.39. The number of imidazole rings is 1. The van der Waals surface area contributed by atoms with E-state index in [9.17, 15) is 0 Å². The van der Waals surface area contributed by atoms with E-state index < -0.39 is 0 Å². The lowest BCUT2D eigenvalue weighted by Gasteiger charge is -2.30. The van der Waals surface area contributed by atoms with Gasteiger partial charge in [0.05, 0.1) is 10.5 Å². The Labute approximate surface area is 125 Å². The third-order valence-corrected chi connectivity index (χ3v) is 4.88. The van der Waals surface area contributed by atoms with E-state index >= 15 is 0 Å². The van der Waals surface area contributed by atoms with Crippen LogP contribution in [0.4, 0.5) is 5.95 Å². The molecule has 0 saturated heterocycles. The summed E-state index contributed by atoms with van der Waals surface area (Å²) < 4.78 is 2.20. The molecule has 1 aliphatic carbocycles. The first kappa shape index (κ1) is 13.7. The topological polar surface area (TPSA) is 43.8 Å². The summed E-state index contributed by atoms with van der Waals surface area (Å²) in [5.74, 6) is 1.50. The maximum atomic E-state index is 6.21. The Kier molecular flexibility index (Phi) is 3.88. The molecule has 0 atom stereocenters. The monoisotopic (exact) mass is 291 g/mol. The Morgan fingerprint density at radius 3 is 2.75 bits per heavy atom. The van der Waals surface area contributed by atoms with E-state index in [0.29, 0.717) is 17.0 Å². The van der Waals surface area contributed by atoms with Crippen molar-refractivity contribution in [2.75, 3.05) is 5.73 Å². The molecule has 1 aromatic heterocycles. The average Bonchev–Trinajstić information content (AvgIpc) is 2.78. The number of benzene rings is 1. The van der Waals surface area contributed by atoms with Gasteiger partial charge in [-0.1, -0.05) is 37.4 Å². The zero-order valence-corrected chi connectivity index (χ0v) is 12.7. The molecule has 4 heteroatoms. The van der Waals surface area contributed by atoms with Gasteiger partial charge in [0.2, 0.25) is 5.95 Å². The summed E-state index contributed by atoms with van der Waals surface area (Å²) in [6, 6.07) is 6.40. The van der Waals surface area contributed by atoms with Crippen molar-refractivity contribution in [1.29, 1.82) is 0 Å². The maximum absolute atomic E-state index is 6.21. The summed E-state index contributed by atoms with van der Waals surface area (Å²) in [6.07, 6.45) is 7.66. The van der Waals surface area contributed by atoms with Crippen LogP contribution in [-0.4, -0.2) is 9.55 Å². The second kappa shape index (κ2) is 5.65. The zero-order valence-electron chi connectivity index (χ0n) is 12.0. The second-order valence-electron chi connectivity index (χ2n) is 5.91. The van der Waals surface area contributed by atoms with E-state index in [-0.39, 0.29) is 0 Å². The van der Waals surface area contributed by atoms with Gasteiger partial charge in [-0.2, -0.15) is 0 Å². The van der Waals surface area contributed by atoms with E-state index in [2.05, 4.69) is 22.5 Å². The molecule has 3 rings (SSSR count). The lowest BCUT2D eigenvalue weighted by atomic mass is 9.83. The highest BCUT2D eigenvalue weighted by Crippen LogP contribution is 2.38. The Hall–Kier alpha value is -1.22. The fraction of sp³-hybridized carbons (Fsp3) is 0.562. The minimum atomic E-state index is 0.478. The average molecular weight is 292 g/mol. The van der Waals surface area contributed by atoms with Gasteiger partial charge < -0.3 is 10.3 Å². The largest absolute Gasteiger partial charge is 0.369 e. The minimum Gasteiger partial charge on any atom is -0.369 e. The normalized spacial score (nSPS) is 23.3. The molecule has 1 fully saturated rings. The van der Waals surface area contributed by atoms with Crippen molar-refractivity contribution in [1.82, 2.24) is 9.55 Å². The Bertz CT molecular complexity index is 597. The van der Waals surface area contributed by atoms with Gasteiger partial charge in [-0.15, -0.1) is 0 Å². The van der Waals surface area contributed by atoms with Gasteiger partial charge in [-0.25, -0.2) is 4.98 Å². The van der Waals surface area contributed by atoms with Gasteiger partial charge in [-0.05, 0) is 43.7 Å². The molecular weight excluding hydrogens is 270 g/mol. The number of nitrogens with zero attached hydrogens (tertiary/aromatic N) is 2. The van der Waals surface area contributed by atoms with Gasteiger partial charge in [0.25, 0.3) is 0 Å². The molecule has 1 saturated carbocycles. The number of para-hydroxylation sites is 1. The predicted molar refractivity (Wildman–Crippen MR) is 85.1 cm³/mol. The summed E-state index contributed by atoms with van der Waals surface area (Å²) >= 11 is 6.21. The molecule has 2 N–H and O–H groups in total. The highest BCUT2D eigenvalue weighted by atomic mass is 35.5. The molecule has 0 aliphatic heterocycles. The van der Waals surface area contributed by atoms with E-state index in [1.54, 1.807) is 0 Å². The molecule has 0 bridgehead atoms. The standard InChI is InChI=1S/C16H22ClN3/c1-2-4-11-7-9-12(10-8-11)20-14-6-3-5-13(17)15(14)19-16(20)18/h3,5-6,11-12H,2,4,7-10H2,1H3,(H2,18,19). The predicted octanol–water partition coefficient (Wildman–Crippen LogP) is 4.80. The number of aromatic nitrogens is 2. The Morgan fingerprint density at radius 2 is 2.05 bits per heavy atom. The van der Waals surface area contributed by atoms with Crippen LogP contribution in [0.25, 0.3) is 11.0 Å². The van der Waals surface area contributed by atoms with Gasteiger partial charge in [0.15, 0.2) is 0 Å². The summed E-state index contributed by atoms with van der Waals surface area (Å²) in [6.45, 7) is 2.27. The number of fused-ring (bicyclic) bond motifs is 1. The van der Waals surface area contributed by atoms with Crippen LogP contribution in [0.15, 0.2) is 18.2 Å². The van der Waals surface area contributed by atoms with Gasteiger partial charge >= 0.3 is 0 Å². The van der Waals surface area contributed by atoms with Crippen molar-refractivity contribution in [3.05, 3.63) is 23.2 Å². The zero-order chi connectivity index (χ0) is 14.1. The Balaban J connectivity index is 1.88. The van der Waals surface area contributed by atoms with Crippen molar-refractivity contribution >= 4 is 28.6 Å². The van der Waals surface area contributed by atoms with Crippen molar-refractivity contribution in [2.24, 2.45) is 5.92 Å². The number of hydrogen-bond donors (Lipinski definition) is 1. The smallest absolute Gasteiger partial charge is 0.201 e. The lowest BCUT2D eigenvalue weighted by molar-refractivity contribution is 0.267. The van der Waals surface area contributed by atoms with Crippen LogP contribution in [0, 0.1) is 5.92 Å². The molecular formula is C16H22ClN3. The summed E-state index contributed by atoms with van der Waals surface area (Å²) in [7, 11) is 0. The van der Waals surface area contributed by atoms with E-state index in [0.717, 1.165) is 17.0 Å². The van der Waals surface area contributed by atoms with Crippen LogP contribution in [0.5, 0.6) is 0 Å². The second-order valence-corrected chi connectivity index (χ2v) is 6.32. The van der Waals surface area contributed by atoms with Crippen LogP contribution < -0.4 is 5.73 Å². The fourth-order valence-corrected chi connectivity index (χ4v) is 3.80. The number of halogens is 1. The van der Waals surface area contributed by atoms with Crippen LogP contribution >= 0.6 is 11.6 Å². The first-order valence-corrected chi connectivity index (χ1v) is 8.00. The molecule has 2 aromatic rings. The van der Waals surface area contributed by atoms with E-state index in [1.807, 2.05) is 12.1 Å². The van der Waals surface area contributed by atoms with Gasteiger partial charge in [0, 0.05) is 6.04 Å². The van der Waals surface area contributed by atoms with Crippen LogP contribution in [0.3, 0.4) is 0 Å². The van der Waals surface area contributed by atoms with Crippen LogP contribution in [0.1, 0.15) is 51.5 Å². The summed E-state index contributed by atoms with van der Waals surface area (Å²) in [5.41, 5.74) is 8.05. The molecule has 0 amide bonds. The number of rotatable bonds is 3. The van der Waals surface area contributed by atoms with Gasteiger partial charge in [0.1, 0.15) is 5.52 Å². The minimum absolute atomic E-state index is 0.478. The first-order valence-electron chi connectivity index (χ1n) is 7.62. The van der Waals surface area contributed by atoms with Crippen molar-refractivity contribution in [3.8, 4) is 0 Å². The van der Waals surface area contributed by atoms with Crippen molar-refractivity contribution < 1.29 is 0 Å². The highest BCUT2D eigenvalue weighted by Gasteiger charge is 2.25. The number of anilines is 1. The number of hydrogen-bond acceptors (Lipinski definition) is 2. The number of nitrogen functional groups attached to an aromatic ring is 1. The third-order valence-electron chi connectivity index (χ3n) is 4.58. The molecule has 1 heterocycles. The number of nitrogens with two attached hydrogens (primary N) is 1. The molecule has 0 radical (unpaired) electrons. The fourth-order valence-electron chi connectivity index (χ4n) is 3.58. The molecule has 0 unspecified atom stereocenters. The lowest BCUT2D eigenvalue weighted by Crippen LogP contribution is -2.19. The van der Waals surface area contributed by atoms with Crippen LogP contribution in [-0.2, 0) is 0 Å². The van der Waals surface area contributed by atoms with Crippen LogP contribution in [0.2, 0.25) is 5.02 Å². The van der Waals surface area contributed by atoms with Crippen molar-refractivity contribution in [2.45, 2.75) is 51.5 Å². The SMILES string of the molecule is CCCC1CCC(n2c(N)nc3c(Cl)cccc32)CC1. The van der Waals surface area contributed by atoms with Crippen molar-refractivity contribution in [3.63, 3.8) is 0 Å². The molecule has 1 aliphatic rings. The van der Waals surface area contributed by atoms with E-state index in [4.69, 9.17) is 17.3 Å². The highest BCUT2D eigenvalue weighted by molar-refractivity contribution is 6.35. The Morgan fingerprint density at radius 1 is 1.30 bits per heavy atom. The summed E-state index contributed by atoms with van der Waals surface area (Å²) in [5, 5.41) is 0.688.